The van der Waals surface area contributed by atoms with Gasteiger partial charge in [-0.1, -0.05) is 29.8 Å². The van der Waals surface area contributed by atoms with Crippen LogP contribution in [-0.2, 0) is 16.1 Å². The molecule has 6 heteroatoms. The number of carbonyl (C=O) groups excluding carboxylic acids is 2. The van der Waals surface area contributed by atoms with Crippen molar-refractivity contribution in [2.75, 3.05) is 11.9 Å². The molecule has 2 amide bonds. The highest BCUT2D eigenvalue weighted by atomic mass is 16.5. The summed E-state index contributed by atoms with van der Waals surface area (Å²) in [5.74, 6) is 0.0252. The van der Waals surface area contributed by atoms with Crippen LogP contribution in [0.4, 0.5) is 5.69 Å². The third kappa shape index (κ3) is 4.33. The lowest BCUT2D eigenvalue weighted by Gasteiger charge is -2.15. The van der Waals surface area contributed by atoms with E-state index in [0.717, 1.165) is 16.8 Å². The first-order valence-electron chi connectivity index (χ1n) is 10.1. The van der Waals surface area contributed by atoms with Crippen molar-refractivity contribution >= 4 is 23.1 Å². The van der Waals surface area contributed by atoms with Gasteiger partial charge in [0.1, 0.15) is 11.4 Å². The van der Waals surface area contributed by atoms with Gasteiger partial charge in [0.2, 0.25) is 0 Å². The molecule has 0 unspecified atom stereocenters. The average molecular weight is 413 g/mol. The lowest BCUT2D eigenvalue weighted by Crippen LogP contribution is -2.32. The van der Waals surface area contributed by atoms with Crippen LogP contribution in [0.5, 0.6) is 5.75 Å². The molecule has 0 fully saturated rings. The molecule has 1 aliphatic rings. The topological polar surface area (TPSA) is 71.5 Å². The number of ether oxygens (including phenoxy) is 1. The molecule has 1 N–H and O–H groups in total. The molecule has 3 aromatic rings. The van der Waals surface area contributed by atoms with E-state index in [0.29, 0.717) is 23.5 Å². The summed E-state index contributed by atoms with van der Waals surface area (Å²) in [7, 11) is 0. The van der Waals surface area contributed by atoms with Gasteiger partial charge in [0, 0.05) is 18.1 Å². The first kappa shape index (κ1) is 20.3. The molecule has 0 saturated carbocycles. The summed E-state index contributed by atoms with van der Waals surface area (Å²) in [5.41, 5.74) is 3.97. The molecule has 0 bridgehead atoms. The van der Waals surface area contributed by atoms with Crippen LogP contribution in [0, 0.1) is 6.92 Å². The van der Waals surface area contributed by atoms with Crippen LogP contribution in [0.25, 0.3) is 5.57 Å². The highest BCUT2D eigenvalue weighted by Gasteiger charge is 2.39. The Morgan fingerprint density at radius 1 is 0.903 bits per heavy atom. The Morgan fingerprint density at radius 3 is 2.23 bits per heavy atom. The number of nitrogens with one attached hydrogen (secondary N) is 1. The number of rotatable bonds is 7. The fourth-order valence-corrected chi connectivity index (χ4v) is 3.44. The van der Waals surface area contributed by atoms with Gasteiger partial charge in [0.15, 0.2) is 0 Å². The van der Waals surface area contributed by atoms with Gasteiger partial charge in [0.05, 0.1) is 18.7 Å². The number of aromatic nitrogens is 1. The van der Waals surface area contributed by atoms with Crippen LogP contribution in [0.2, 0.25) is 0 Å². The number of imide groups is 1. The fourth-order valence-electron chi connectivity index (χ4n) is 3.44. The zero-order chi connectivity index (χ0) is 21.8. The molecule has 0 atom stereocenters. The second-order valence-corrected chi connectivity index (χ2v) is 7.25. The van der Waals surface area contributed by atoms with E-state index in [-0.39, 0.29) is 24.1 Å². The highest BCUT2D eigenvalue weighted by molar-refractivity contribution is 6.36. The number of carbonyl (C=O) groups is 2. The molecule has 1 aliphatic heterocycles. The second-order valence-electron chi connectivity index (χ2n) is 7.25. The Kier molecular flexibility index (Phi) is 5.80. The summed E-state index contributed by atoms with van der Waals surface area (Å²) in [6.07, 6.45) is 3.29. The smallest absolute Gasteiger partial charge is 0.278 e. The van der Waals surface area contributed by atoms with Crippen molar-refractivity contribution < 1.29 is 14.3 Å². The number of anilines is 1. The number of amides is 2. The normalized spacial score (nSPS) is 13.7. The van der Waals surface area contributed by atoms with Crippen LogP contribution in [0.15, 0.2) is 78.8 Å². The zero-order valence-electron chi connectivity index (χ0n) is 17.5. The summed E-state index contributed by atoms with van der Waals surface area (Å²) >= 11 is 0. The number of nitrogens with zero attached hydrogens (tertiary/aromatic N) is 2. The van der Waals surface area contributed by atoms with E-state index in [1.807, 2.05) is 38.1 Å². The number of hydrogen-bond donors (Lipinski definition) is 1. The molecule has 0 saturated heterocycles. The quantitative estimate of drug-likeness (QED) is 0.589. The van der Waals surface area contributed by atoms with E-state index in [9.17, 15) is 9.59 Å². The largest absolute Gasteiger partial charge is 0.494 e. The van der Waals surface area contributed by atoms with Crippen LogP contribution in [-0.4, -0.2) is 28.3 Å². The van der Waals surface area contributed by atoms with Crippen molar-refractivity contribution in [2.45, 2.75) is 20.4 Å². The van der Waals surface area contributed by atoms with Gasteiger partial charge in [-0.25, -0.2) is 0 Å². The first-order chi connectivity index (χ1) is 15.1. The Labute approximate surface area is 181 Å². The molecular weight excluding hydrogens is 390 g/mol. The van der Waals surface area contributed by atoms with E-state index in [1.54, 1.807) is 48.8 Å². The number of pyridine rings is 1. The number of hydrogen-bond acceptors (Lipinski definition) is 5. The van der Waals surface area contributed by atoms with E-state index in [1.165, 1.54) is 4.90 Å². The SMILES string of the molecule is CCOc1ccc(C2=C(Nc3ccc(C)cc3)C(=O)N(Cc3ccncc3)C2=O)cc1. The maximum atomic E-state index is 13.3. The van der Waals surface area contributed by atoms with Gasteiger partial charge in [-0.3, -0.25) is 19.5 Å². The molecule has 2 heterocycles. The van der Waals surface area contributed by atoms with Gasteiger partial charge in [-0.05, 0) is 61.4 Å². The summed E-state index contributed by atoms with van der Waals surface area (Å²) in [6.45, 7) is 4.64. The van der Waals surface area contributed by atoms with Crippen LogP contribution < -0.4 is 10.1 Å². The van der Waals surface area contributed by atoms with E-state index >= 15 is 0 Å². The van der Waals surface area contributed by atoms with Crippen molar-refractivity contribution in [2.24, 2.45) is 0 Å². The number of aryl methyl sites for hydroxylation is 1. The first-order valence-corrected chi connectivity index (χ1v) is 10.1. The minimum absolute atomic E-state index is 0.180. The fraction of sp³-hybridized carbons (Fsp3) is 0.160. The molecule has 31 heavy (non-hydrogen) atoms. The molecule has 0 radical (unpaired) electrons. The summed E-state index contributed by atoms with van der Waals surface area (Å²) in [5, 5.41) is 3.18. The highest BCUT2D eigenvalue weighted by Crippen LogP contribution is 2.32. The third-order valence-corrected chi connectivity index (χ3v) is 5.03. The van der Waals surface area contributed by atoms with Gasteiger partial charge >= 0.3 is 0 Å². The molecule has 4 rings (SSSR count). The molecule has 0 aliphatic carbocycles. The van der Waals surface area contributed by atoms with Gasteiger partial charge in [0.25, 0.3) is 11.8 Å². The Bertz CT molecular complexity index is 1120. The Hall–Kier alpha value is -3.93. The zero-order valence-corrected chi connectivity index (χ0v) is 17.5. The van der Waals surface area contributed by atoms with Crippen molar-refractivity contribution in [1.82, 2.24) is 9.88 Å². The third-order valence-electron chi connectivity index (χ3n) is 5.03. The Morgan fingerprint density at radius 2 is 1.58 bits per heavy atom. The minimum Gasteiger partial charge on any atom is -0.494 e. The monoisotopic (exact) mass is 413 g/mol. The summed E-state index contributed by atoms with van der Waals surface area (Å²) in [6, 6.07) is 18.5. The van der Waals surface area contributed by atoms with Crippen molar-refractivity contribution in [3.05, 3.63) is 95.4 Å². The summed E-state index contributed by atoms with van der Waals surface area (Å²) < 4.78 is 5.51. The van der Waals surface area contributed by atoms with Crippen LogP contribution >= 0.6 is 0 Å². The lowest BCUT2D eigenvalue weighted by atomic mass is 10.0. The van der Waals surface area contributed by atoms with Gasteiger partial charge in [-0.15, -0.1) is 0 Å². The van der Waals surface area contributed by atoms with Crippen LogP contribution in [0.3, 0.4) is 0 Å². The number of benzene rings is 2. The molecule has 2 aromatic carbocycles. The predicted molar refractivity (Wildman–Crippen MR) is 119 cm³/mol. The molecule has 6 nitrogen and oxygen atoms in total. The Balaban J connectivity index is 1.71. The maximum absolute atomic E-state index is 13.3. The van der Waals surface area contributed by atoms with E-state index < -0.39 is 0 Å². The molecular formula is C25H23N3O3. The van der Waals surface area contributed by atoms with Crippen molar-refractivity contribution in [3.63, 3.8) is 0 Å². The maximum Gasteiger partial charge on any atom is 0.278 e. The molecule has 1 aromatic heterocycles. The molecule has 156 valence electrons. The van der Waals surface area contributed by atoms with Gasteiger partial charge < -0.3 is 10.1 Å². The van der Waals surface area contributed by atoms with Crippen LogP contribution in [0.1, 0.15) is 23.6 Å². The minimum atomic E-state index is -0.355. The van der Waals surface area contributed by atoms with E-state index in [2.05, 4.69) is 10.3 Å². The predicted octanol–water partition coefficient (Wildman–Crippen LogP) is 4.18. The second kappa shape index (κ2) is 8.83. The average Bonchev–Trinajstić information content (AvgIpc) is 3.01. The molecule has 0 spiro atoms. The lowest BCUT2D eigenvalue weighted by molar-refractivity contribution is -0.137. The van der Waals surface area contributed by atoms with Crippen molar-refractivity contribution in [1.29, 1.82) is 0 Å². The van der Waals surface area contributed by atoms with Crippen molar-refractivity contribution in [3.8, 4) is 5.75 Å². The standard InChI is InChI=1S/C25H23N3O3/c1-3-31-21-10-6-19(7-11-21)22-23(27-20-8-4-17(2)5-9-20)25(30)28(24(22)29)16-18-12-14-26-15-13-18/h4-15,27H,3,16H2,1-2H3. The van der Waals surface area contributed by atoms with Gasteiger partial charge in [-0.2, -0.15) is 0 Å². The summed E-state index contributed by atoms with van der Waals surface area (Å²) in [4.78, 5) is 31.9. The van der Waals surface area contributed by atoms with E-state index in [4.69, 9.17) is 4.74 Å².